The van der Waals surface area contributed by atoms with E-state index in [2.05, 4.69) is 23.4 Å². The number of nitrogens with two attached hydrogens (primary N) is 1. The van der Waals surface area contributed by atoms with Crippen molar-refractivity contribution >= 4 is 11.0 Å². The summed E-state index contributed by atoms with van der Waals surface area (Å²) in [6.07, 6.45) is 0. The number of rotatable bonds is 2. The van der Waals surface area contributed by atoms with Gasteiger partial charge in [0, 0.05) is 11.4 Å². The number of benzene rings is 2. The first kappa shape index (κ1) is 11.0. The molecule has 3 rings (SSSR count). The summed E-state index contributed by atoms with van der Waals surface area (Å²) in [5.41, 5.74) is 9.80. The lowest BCUT2D eigenvalue weighted by molar-refractivity contribution is 0.440. The van der Waals surface area contributed by atoms with Crippen LogP contribution in [-0.2, 0) is 0 Å². The van der Waals surface area contributed by atoms with Crippen molar-refractivity contribution in [3.63, 3.8) is 0 Å². The molecule has 0 saturated heterocycles. The molecular weight excluding hydrogens is 224 g/mol. The zero-order chi connectivity index (χ0) is 12.5. The molecule has 0 spiro atoms. The van der Waals surface area contributed by atoms with Gasteiger partial charge >= 0.3 is 0 Å². The molecule has 3 aromatic rings. The van der Waals surface area contributed by atoms with Gasteiger partial charge in [0.15, 0.2) is 5.58 Å². The first-order valence-electron chi connectivity index (χ1n) is 5.96. The molecule has 18 heavy (non-hydrogen) atoms. The van der Waals surface area contributed by atoms with E-state index >= 15 is 0 Å². The smallest absolute Gasteiger partial charge is 0.167 e. The number of fused-ring (bicyclic) bond motifs is 1. The third kappa shape index (κ3) is 1.79. The molecule has 1 unspecified atom stereocenters. The molecule has 0 aliphatic heterocycles. The molecule has 2 aromatic carbocycles. The SMILES string of the molecule is CC(N)c1noc2ccc(-c3ccccc3)cc12. The van der Waals surface area contributed by atoms with Gasteiger partial charge in [-0.05, 0) is 30.2 Å². The van der Waals surface area contributed by atoms with Crippen LogP contribution in [0.2, 0.25) is 0 Å². The Bertz CT molecular complexity index is 671. The quantitative estimate of drug-likeness (QED) is 0.743. The molecule has 0 amide bonds. The second-order valence-corrected chi connectivity index (χ2v) is 4.43. The Kier molecular flexibility index (Phi) is 2.61. The number of hydrogen-bond donors (Lipinski definition) is 1. The molecule has 0 bridgehead atoms. The lowest BCUT2D eigenvalue weighted by atomic mass is 10.0. The van der Waals surface area contributed by atoms with Gasteiger partial charge in [-0.1, -0.05) is 41.6 Å². The van der Waals surface area contributed by atoms with Gasteiger partial charge in [-0.25, -0.2) is 0 Å². The van der Waals surface area contributed by atoms with E-state index in [1.165, 1.54) is 5.56 Å². The van der Waals surface area contributed by atoms with Crippen LogP contribution in [0.25, 0.3) is 22.1 Å². The summed E-state index contributed by atoms with van der Waals surface area (Å²) in [5, 5.41) is 5.02. The molecule has 0 aliphatic carbocycles. The molecule has 0 saturated carbocycles. The Hall–Kier alpha value is -2.13. The van der Waals surface area contributed by atoms with Crippen LogP contribution in [-0.4, -0.2) is 5.16 Å². The summed E-state index contributed by atoms with van der Waals surface area (Å²) in [7, 11) is 0. The fraction of sp³-hybridized carbons (Fsp3) is 0.133. The van der Waals surface area contributed by atoms with Crippen molar-refractivity contribution in [2.45, 2.75) is 13.0 Å². The molecule has 3 nitrogen and oxygen atoms in total. The van der Waals surface area contributed by atoms with Gasteiger partial charge in [0.25, 0.3) is 0 Å². The van der Waals surface area contributed by atoms with Gasteiger partial charge in [-0.15, -0.1) is 0 Å². The summed E-state index contributed by atoms with van der Waals surface area (Å²) < 4.78 is 5.27. The number of aromatic nitrogens is 1. The average Bonchev–Trinajstić information content (AvgIpc) is 2.82. The molecule has 2 N–H and O–H groups in total. The minimum Gasteiger partial charge on any atom is -0.356 e. The van der Waals surface area contributed by atoms with Crippen LogP contribution in [0.3, 0.4) is 0 Å². The van der Waals surface area contributed by atoms with E-state index in [4.69, 9.17) is 10.3 Å². The lowest BCUT2D eigenvalue weighted by Gasteiger charge is -2.03. The predicted octanol–water partition coefficient (Wildman–Crippen LogP) is 3.51. The number of nitrogens with zero attached hydrogens (tertiary/aromatic N) is 1. The maximum absolute atomic E-state index is 5.89. The minimum atomic E-state index is -0.128. The van der Waals surface area contributed by atoms with Gasteiger partial charge in [-0.3, -0.25) is 0 Å². The van der Waals surface area contributed by atoms with Crippen LogP contribution in [0.4, 0.5) is 0 Å². The summed E-state index contributed by atoms with van der Waals surface area (Å²) in [5.74, 6) is 0. The molecule has 1 heterocycles. The van der Waals surface area contributed by atoms with Crippen molar-refractivity contribution in [1.82, 2.24) is 5.16 Å². The Morgan fingerprint density at radius 2 is 1.83 bits per heavy atom. The van der Waals surface area contributed by atoms with Crippen molar-refractivity contribution in [1.29, 1.82) is 0 Å². The minimum absolute atomic E-state index is 0.128. The van der Waals surface area contributed by atoms with Crippen molar-refractivity contribution < 1.29 is 4.52 Å². The standard InChI is InChI=1S/C15H14N2O/c1-10(16)15-13-9-12(7-8-14(13)18-17-15)11-5-3-2-4-6-11/h2-10H,16H2,1H3. The highest BCUT2D eigenvalue weighted by Crippen LogP contribution is 2.28. The Labute approximate surface area is 105 Å². The van der Waals surface area contributed by atoms with Crippen LogP contribution in [0.5, 0.6) is 0 Å². The Balaban J connectivity index is 2.18. The third-order valence-corrected chi connectivity index (χ3v) is 3.04. The van der Waals surface area contributed by atoms with Crippen LogP contribution >= 0.6 is 0 Å². The summed E-state index contributed by atoms with van der Waals surface area (Å²) in [6.45, 7) is 1.91. The second kappa shape index (κ2) is 4.27. The molecule has 1 atom stereocenters. The highest BCUT2D eigenvalue weighted by atomic mass is 16.5. The monoisotopic (exact) mass is 238 g/mol. The molecule has 3 heteroatoms. The fourth-order valence-corrected chi connectivity index (χ4v) is 2.10. The largest absolute Gasteiger partial charge is 0.356 e. The number of hydrogen-bond acceptors (Lipinski definition) is 3. The molecule has 0 fully saturated rings. The maximum atomic E-state index is 5.89. The van der Waals surface area contributed by atoms with E-state index in [-0.39, 0.29) is 6.04 Å². The normalized spacial score (nSPS) is 12.8. The summed E-state index contributed by atoms with van der Waals surface area (Å²) in [4.78, 5) is 0. The van der Waals surface area contributed by atoms with Crippen LogP contribution in [0.1, 0.15) is 18.7 Å². The zero-order valence-electron chi connectivity index (χ0n) is 10.1. The van der Waals surface area contributed by atoms with Crippen molar-refractivity contribution in [3.05, 3.63) is 54.2 Å². The zero-order valence-corrected chi connectivity index (χ0v) is 10.1. The van der Waals surface area contributed by atoms with Gasteiger partial charge in [-0.2, -0.15) is 0 Å². The van der Waals surface area contributed by atoms with Gasteiger partial charge in [0.1, 0.15) is 5.69 Å². The van der Waals surface area contributed by atoms with Gasteiger partial charge in [0.2, 0.25) is 0 Å². The van der Waals surface area contributed by atoms with Crippen LogP contribution in [0.15, 0.2) is 53.1 Å². The first-order chi connectivity index (χ1) is 8.75. The predicted molar refractivity (Wildman–Crippen MR) is 72.0 cm³/mol. The van der Waals surface area contributed by atoms with Crippen LogP contribution < -0.4 is 5.73 Å². The van der Waals surface area contributed by atoms with Crippen molar-refractivity contribution in [2.24, 2.45) is 5.73 Å². The molecular formula is C15H14N2O. The highest BCUT2D eigenvalue weighted by Gasteiger charge is 2.12. The van der Waals surface area contributed by atoms with E-state index in [9.17, 15) is 0 Å². The van der Waals surface area contributed by atoms with E-state index in [0.29, 0.717) is 0 Å². The maximum Gasteiger partial charge on any atom is 0.167 e. The highest BCUT2D eigenvalue weighted by molar-refractivity contribution is 5.85. The third-order valence-electron chi connectivity index (χ3n) is 3.04. The lowest BCUT2D eigenvalue weighted by Crippen LogP contribution is -2.05. The second-order valence-electron chi connectivity index (χ2n) is 4.43. The fourth-order valence-electron chi connectivity index (χ4n) is 2.10. The van der Waals surface area contributed by atoms with Crippen molar-refractivity contribution in [2.75, 3.05) is 0 Å². The molecule has 0 aliphatic rings. The van der Waals surface area contributed by atoms with Gasteiger partial charge < -0.3 is 10.3 Å². The van der Waals surface area contributed by atoms with Crippen molar-refractivity contribution in [3.8, 4) is 11.1 Å². The summed E-state index contributed by atoms with van der Waals surface area (Å²) >= 11 is 0. The van der Waals surface area contributed by atoms with E-state index in [1.54, 1.807) is 0 Å². The Morgan fingerprint density at radius 1 is 1.06 bits per heavy atom. The topological polar surface area (TPSA) is 52.0 Å². The molecule has 1 aromatic heterocycles. The Morgan fingerprint density at radius 3 is 2.56 bits per heavy atom. The summed E-state index contributed by atoms with van der Waals surface area (Å²) in [6, 6.07) is 16.2. The molecule has 0 radical (unpaired) electrons. The van der Waals surface area contributed by atoms with E-state index < -0.39 is 0 Å². The van der Waals surface area contributed by atoms with Gasteiger partial charge in [0.05, 0.1) is 0 Å². The van der Waals surface area contributed by atoms with E-state index in [0.717, 1.165) is 22.2 Å². The molecule has 90 valence electrons. The van der Waals surface area contributed by atoms with Crippen LogP contribution in [0, 0.1) is 0 Å². The van der Waals surface area contributed by atoms with E-state index in [1.807, 2.05) is 37.3 Å². The average molecular weight is 238 g/mol. The first-order valence-corrected chi connectivity index (χ1v) is 5.96.